The van der Waals surface area contributed by atoms with Gasteiger partial charge in [-0.3, -0.25) is 19.3 Å². The summed E-state index contributed by atoms with van der Waals surface area (Å²) in [7, 11) is 0. The van der Waals surface area contributed by atoms with E-state index < -0.39 is 17.9 Å². The van der Waals surface area contributed by atoms with Gasteiger partial charge in [-0.15, -0.1) is 0 Å². The number of amides is 3. The van der Waals surface area contributed by atoms with Crippen molar-refractivity contribution in [3.8, 4) is 0 Å². The molecule has 0 saturated heterocycles. The highest BCUT2D eigenvalue weighted by molar-refractivity contribution is 6.22. The van der Waals surface area contributed by atoms with Gasteiger partial charge >= 0.3 is 0 Å². The molecule has 0 aliphatic carbocycles. The fourth-order valence-corrected chi connectivity index (χ4v) is 2.61. The second kappa shape index (κ2) is 6.04. The lowest BCUT2D eigenvalue weighted by Crippen LogP contribution is -2.47. The molecular weight excluding hydrogens is 292 g/mol. The average Bonchev–Trinajstić information content (AvgIpc) is 2.84. The molecule has 1 atom stereocenters. The Morgan fingerprint density at radius 3 is 2.04 bits per heavy atom. The number of hydrogen-bond donors (Lipinski definition) is 1. The fraction of sp³-hybridized carbons (Fsp3) is 0.167. The van der Waals surface area contributed by atoms with E-state index >= 15 is 0 Å². The van der Waals surface area contributed by atoms with Gasteiger partial charge in [0.05, 0.1) is 11.1 Å². The molecule has 0 aromatic heterocycles. The van der Waals surface area contributed by atoms with Gasteiger partial charge in [0.1, 0.15) is 6.04 Å². The summed E-state index contributed by atoms with van der Waals surface area (Å²) in [5.74, 6) is -1.20. The van der Waals surface area contributed by atoms with Gasteiger partial charge in [0.2, 0.25) is 5.91 Å². The molecule has 0 spiro atoms. The third kappa shape index (κ3) is 2.73. The fourth-order valence-electron chi connectivity index (χ4n) is 2.61. The molecule has 1 aliphatic heterocycles. The molecule has 0 fully saturated rings. The zero-order valence-corrected chi connectivity index (χ0v) is 12.7. The molecular formula is C18H16N2O3. The molecule has 0 radical (unpaired) electrons. The number of rotatable bonds is 4. The number of imide groups is 1. The van der Waals surface area contributed by atoms with Gasteiger partial charge in [-0.05, 0) is 24.6 Å². The van der Waals surface area contributed by atoms with Crippen LogP contribution in [-0.4, -0.2) is 28.7 Å². The maximum absolute atomic E-state index is 12.4. The van der Waals surface area contributed by atoms with Crippen LogP contribution in [0.5, 0.6) is 0 Å². The second-order valence-corrected chi connectivity index (χ2v) is 5.41. The van der Waals surface area contributed by atoms with Crippen molar-refractivity contribution in [3.05, 3.63) is 71.3 Å². The van der Waals surface area contributed by atoms with E-state index in [-0.39, 0.29) is 5.91 Å². The summed E-state index contributed by atoms with van der Waals surface area (Å²) in [4.78, 5) is 38.0. The van der Waals surface area contributed by atoms with Gasteiger partial charge in [0.15, 0.2) is 0 Å². The zero-order chi connectivity index (χ0) is 16.4. The monoisotopic (exact) mass is 308 g/mol. The van der Waals surface area contributed by atoms with Crippen molar-refractivity contribution < 1.29 is 14.4 Å². The van der Waals surface area contributed by atoms with E-state index in [2.05, 4.69) is 5.32 Å². The second-order valence-electron chi connectivity index (χ2n) is 5.41. The van der Waals surface area contributed by atoms with Gasteiger partial charge < -0.3 is 5.32 Å². The normalized spacial score (nSPS) is 14.6. The van der Waals surface area contributed by atoms with E-state index in [1.807, 2.05) is 30.3 Å². The number of hydrogen-bond acceptors (Lipinski definition) is 3. The summed E-state index contributed by atoms with van der Waals surface area (Å²) in [6.45, 7) is 1.91. The first kappa shape index (κ1) is 15.0. The lowest BCUT2D eigenvalue weighted by atomic mass is 10.1. The highest BCUT2D eigenvalue weighted by atomic mass is 16.2. The van der Waals surface area contributed by atoms with Crippen LogP contribution in [0.15, 0.2) is 54.6 Å². The average molecular weight is 308 g/mol. The molecule has 1 heterocycles. The van der Waals surface area contributed by atoms with E-state index in [1.54, 1.807) is 31.2 Å². The minimum Gasteiger partial charge on any atom is -0.350 e. The van der Waals surface area contributed by atoms with Crippen molar-refractivity contribution in [1.29, 1.82) is 0 Å². The lowest BCUT2D eigenvalue weighted by molar-refractivity contribution is -0.124. The predicted molar refractivity (Wildman–Crippen MR) is 84.7 cm³/mol. The van der Waals surface area contributed by atoms with Crippen LogP contribution in [0.3, 0.4) is 0 Å². The summed E-state index contributed by atoms with van der Waals surface area (Å²) in [5.41, 5.74) is 1.65. The molecule has 3 amide bonds. The van der Waals surface area contributed by atoms with E-state index in [9.17, 15) is 14.4 Å². The van der Waals surface area contributed by atoms with Crippen LogP contribution in [-0.2, 0) is 11.3 Å². The van der Waals surface area contributed by atoms with Crippen LogP contribution in [0.4, 0.5) is 0 Å². The quantitative estimate of drug-likeness (QED) is 0.878. The van der Waals surface area contributed by atoms with Crippen LogP contribution in [0, 0.1) is 0 Å². The topological polar surface area (TPSA) is 66.5 Å². The van der Waals surface area contributed by atoms with Crippen LogP contribution in [0.1, 0.15) is 33.2 Å². The predicted octanol–water partition coefficient (Wildman–Crippen LogP) is 1.99. The summed E-state index contributed by atoms with van der Waals surface area (Å²) >= 11 is 0. The molecule has 0 bridgehead atoms. The highest BCUT2D eigenvalue weighted by Gasteiger charge is 2.40. The molecule has 5 heteroatoms. The van der Waals surface area contributed by atoms with Crippen molar-refractivity contribution in [1.82, 2.24) is 10.2 Å². The van der Waals surface area contributed by atoms with Gasteiger partial charge in [-0.25, -0.2) is 0 Å². The van der Waals surface area contributed by atoms with Gasteiger partial charge in [0.25, 0.3) is 11.8 Å². The van der Waals surface area contributed by atoms with E-state index in [0.717, 1.165) is 10.5 Å². The van der Waals surface area contributed by atoms with Crippen LogP contribution in [0.2, 0.25) is 0 Å². The zero-order valence-electron chi connectivity index (χ0n) is 12.7. The number of carbonyl (C=O) groups is 3. The van der Waals surface area contributed by atoms with Crippen LogP contribution < -0.4 is 5.32 Å². The Morgan fingerprint density at radius 2 is 1.48 bits per heavy atom. The lowest BCUT2D eigenvalue weighted by Gasteiger charge is -2.21. The number of nitrogens with one attached hydrogen (secondary N) is 1. The number of nitrogens with zero attached hydrogens (tertiary/aromatic N) is 1. The van der Waals surface area contributed by atoms with Crippen LogP contribution in [0.25, 0.3) is 0 Å². The third-order valence-electron chi connectivity index (χ3n) is 3.90. The highest BCUT2D eigenvalue weighted by Crippen LogP contribution is 2.24. The van der Waals surface area contributed by atoms with Crippen molar-refractivity contribution in [2.24, 2.45) is 0 Å². The Hall–Kier alpha value is -2.95. The smallest absolute Gasteiger partial charge is 0.262 e. The molecule has 3 rings (SSSR count). The molecule has 5 nitrogen and oxygen atoms in total. The summed E-state index contributed by atoms with van der Waals surface area (Å²) in [6, 6.07) is 15.2. The van der Waals surface area contributed by atoms with Crippen molar-refractivity contribution in [3.63, 3.8) is 0 Å². The minimum absolute atomic E-state index is 0.347. The molecule has 23 heavy (non-hydrogen) atoms. The Labute approximate surface area is 133 Å². The molecule has 1 aliphatic rings. The summed E-state index contributed by atoms with van der Waals surface area (Å²) in [6.07, 6.45) is 0. The first-order chi connectivity index (χ1) is 11.1. The Balaban J connectivity index is 1.71. The van der Waals surface area contributed by atoms with Crippen molar-refractivity contribution >= 4 is 17.7 Å². The molecule has 116 valence electrons. The van der Waals surface area contributed by atoms with Crippen molar-refractivity contribution in [2.75, 3.05) is 0 Å². The largest absolute Gasteiger partial charge is 0.350 e. The molecule has 1 N–H and O–H groups in total. The van der Waals surface area contributed by atoms with Crippen molar-refractivity contribution in [2.45, 2.75) is 19.5 Å². The maximum Gasteiger partial charge on any atom is 0.262 e. The first-order valence-corrected chi connectivity index (χ1v) is 7.38. The summed E-state index contributed by atoms with van der Waals surface area (Å²) < 4.78 is 0. The van der Waals surface area contributed by atoms with Gasteiger partial charge in [0, 0.05) is 6.54 Å². The Kier molecular flexibility index (Phi) is 3.93. The van der Waals surface area contributed by atoms with E-state index in [4.69, 9.17) is 0 Å². The minimum atomic E-state index is -0.855. The Morgan fingerprint density at radius 1 is 0.957 bits per heavy atom. The Bertz CT molecular complexity index is 736. The first-order valence-electron chi connectivity index (χ1n) is 7.38. The molecule has 2 aromatic rings. The van der Waals surface area contributed by atoms with E-state index in [1.165, 1.54) is 0 Å². The third-order valence-corrected chi connectivity index (χ3v) is 3.90. The standard InChI is InChI=1S/C18H16N2O3/c1-12(16(21)19-11-13-7-3-2-4-8-13)20-17(22)14-9-5-6-10-15(14)18(20)23/h2-10,12H,11H2,1H3,(H,19,21)/t12-/m0/s1. The van der Waals surface area contributed by atoms with Gasteiger partial charge in [-0.1, -0.05) is 42.5 Å². The van der Waals surface area contributed by atoms with Crippen LogP contribution >= 0.6 is 0 Å². The number of carbonyl (C=O) groups excluding carboxylic acids is 3. The number of benzene rings is 2. The molecule has 0 unspecified atom stereocenters. The van der Waals surface area contributed by atoms with E-state index in [0.29, 0.717) is 17.7 Å². The van der Waals surface area contributed by atoms with Gasteiger partial charge in [-0.2, -0.15) is 0 Å². The number of fused-ring (bicyclic) bond motifs is 1. The molecule has 0 saturated carbocycles. The molecule has 2 aromatic carbocycles. The summed E-state index contributed by atoms with van der Waals surface area (Å²) in [5, 5.41) is 2.76. The maximum atomic E-state index is 12.4. The SMILES string of the molecule is C[C@@H](C(=O)NCc1ccccc1)N1C(=O)c2ccccc2C1=O.